The molecule has 3 nitrogen and oxygen atoms in total. The van der Waals surface area contributed by atoms with Gasteiger partial charge in [-0.25, -0.2) is 0 Å². The van der Waals surface area contributed by atoms with E-state index >= 15 is 0 Å². The summed E-state index contributed by atoms with van der Waals surface area (Å²) in [7, 11) is 0. The Balaban J connectivity index is 1.71. The van der Waals surface area contributed by atoms with Gasteiger partial charge in [-0.3, -0.25) is 0 Å². The number of nitrogens with zero attached hydrogens (tertiary/aromatic N) is 2. The third kappa shape index (κ3) is 1.12. The molecule has 4 aliphatic carbocycles. The van der Waals surface area contributed by atoms with Gasteiger partial charge in [0, 0.05) is 11.2 Å². The molecular formula is C12H16N2O. The van der Waals surface area contributed by atoms with Crippen LogP contribution in [0.4, 0.5) is 0 Å². The minimum absolute atomic E-state index is 0.670. The van der Waals surface area contributed by atoms with Crippen molar-refractivity contribution in [1.29, 1.82) is 0 Å². The van der Waals surface area contributed by atoms with Crippen LogP contribution in [0.25, 0.3) is 0 Å². The molecule has 4 aliphatic rings. The molecule has 0 aliphatic heterocycles. The zero-order valence-corrected chi connectivity index (χ0v) is 8.80. The highest BCUT2D eigenvalue weighted by molar-refractivity contribution is 5.12. The molecular weight excluding hydrogens is 188 g/mol. The molecule has 4 saturated carbocycles. The van der Waals surface area contributed by atoms with Crippen LogP contribution >= 0.6 is 0 Å². The van der Waals surface area contributed by atoms with E-state index in [1.165, 1.54) is 32.1 Å². The van der Waals surface area contributed by atoms with Crippen molar-refractivity contribution >= 4 is 0 Å². The van der Waals surface area contributed by atoms with Crippen molar-refractivity contribution in [3.63, 3.8) is 0 Å². The molecule has 0 amide bonds. The SMILES string of the molecule is c1onnc1C1C2CC3CC(C2)CC1C3. The average Bonchev–Trinajstić information content (AvgIpc) is 2.69. The van der Waals surface area contributed by atoms with Crippen LogP contribution in [0.2, 0.25) is 0 Å². The Hall–Kier alpha value is -0.860. The Morgan fingerprint density at radius 2 is 1.67 bits per heavy atom. The fraction of sp³-hybridized carbons (Fsp3) is 0.833. The van der Waals surface area contributed by atoms with Crippen LogP contribution in [-0.2, 0) is 0 Å². The van der Waals surface area contributed by atoms with Gasteiger partial charge in [-0.05, 0) is 55.8 Å². The summed E-state index contributed by atoms with van der Waals surface area (Å²) in [6, 6.07) is 0. The summed E-state index contributed by atoms with van der Waals surface area (Å²) >= 11 is 0. The Morgan fingerprint density at radius 3 is 2.20 bits per heavy atom. The summed E-state index contributed by atoms with van der Waals surface area (Å²) in [6.07, 6.45) is 9.02. The maximum atomic E-state index is 4.91. The molecule has 80 valence electrons. The summed E-state index contributed by atoms with van der Waals surface area (Å²) in [6.45, 7) is 0. The third-order valence-electron chi connectivity index (χ3n) is 4.95. The zero-order chi connectivity index (χ0) is 9.83. The Kier molecular flexibility index (Phi) is 1.57. The van der Waals surface area contributed by atoms with Crippen molar-refractivity contribution in [2.45, 2.75) is 38.0 Å². The van der Waals surface area contributed by atoms with Gasteiger partial charge in [-0.15, -0.1) is 5.10 Å². The van der Waals surface area contributed by atoms with Crippen LogP contribution in [-0.4, -0.2) is 10.4 Å². The maximum Gasteiger partial charge on any atom is 0.147 e. The first-order valence-electron chi connectivity index (χ1n) is 6.17. The summed E-state index contributed by atoms with van der Waals surface area (Å²) in [4.78, 5) is 0. The fourth-order valence-corrected chi connectivity index (χ4v) is 4.73. The number of hydrogen-bond acceptors (Lipinski definition) is 3. The number of hydrogen-bond donors (Lipinski definition) is 0. The van der Waals surface area contributed by atoms with E-state index in [0.29, 0.717) is 5.92 Å². The molecule has 5 rings (SSSR count). The van der Waals surface area contributed by atoms with Crippen molar-refractivity contribution in [1.82, 2.24) is 10.4 Å². The molecule has 0 saturated heterocycles. The van der Waals surface area contributed by atoms with Gasteiger partial charge >= 0.3 is 0 Å². The van der Waals surface area contributed by atoms with Gasteiger partial charge in [0.25, 0.3) is 0 Å². The lowest BCUT2D eigenvalue weighted by molar-refractivity contribution is -0.00425. The average molecular weight is 204 g/mol. The lowest BCUT2D eigenvalue weighted by atomic mass is 9.51. The zero-order valence-electron chi connectivity index (χ0n) is 8.80. The molecule has 0 N–H and O–H groups in total. The van der Waals surface area contributed by atoms with E-state index in [1.807, 2.05) is 0 Å². The van der Waals surface area contributed by atoms with Gasteiger partial charge in [-0.1, -0.05) is 0 Å². The van der Waals surface area contributed by atoms with Crippen molar-refractivity contribution in [3.8, 4) is 0 Å². The van der Waals surface area contributed by atoms with Gasteiger partial charge < -0.3 is 4.52 Å². The van der Waals surface area contributed by atoms with Crippen LogP contribution in [0.3, 0.4) is 0 Å². The van der Waals surface area contributed by atoms with Gasteiger partial charge in [-0.2, -0.15) is 0 Å². The van der Waals surface area contributed by atoms with Crippen molar-refractivity contribution < 1.29 is 4.52 Å². The van der Waals surface area contributed by atoms with E-state index in [9.17, 15) is 0 Å². The Morgan fingerprint density at radius 1 is 1.00 bits per heavy atom. The summed E-state index contributed by atoms with van der Waals surface area (Å²) < 4.78 is 4.91. The van der Waals surface area contributed by atoms with E-state index in [4.69, 9.17) is 4.52 Å². The first-order chi connectivity index (χ1) is 7.40. The van der Waals surface area contributed by atoms with Crippen LogP contribution < -0.4 is 0 Å². The number of rotatable bonds is 1. The normalized spacial score (nSPS) is 47.3. The molecule has 15 heavy (non-hydrogen) atoms. The van der Waals surface area contributed by atoms with Crippen molar-refractivity contribution in [2.24, 2.45) is 23.7 Å². The summed E-state index contributed by atoms with van der Waals surface area (Å²) in [5.41, 5.74) is 1.13. The van der Waals surface area contributed by atoms with Crippen molar-refractivity contribution in [2.75, 3.05) is 0 Å². The van der Waals surface area contributed by atoms with Gasteiger partial charge in [0.05, 0.1) is 0 Å². The fourth-order valence-electron chi connectivity index (χ4n) is 4.73. The van der Waals surface area contributed by atoms with Crippen LogP contribution in [0.5, 0.6) is 0 Å². The lowest BCUT2D eigenvalue weighted by Gasteiger charge is -2.53. The first kappa shape index (κ1) is 8.31. The van der Waals surface area contributed by atoms with E-state index in [1.54, 1.807) is 6.26 Å². The van der Waals surface area contributed by atoms with E-state index in [2.05, 4.69) is 10.4 Å². The topological polar surface area (TPSA) is 38.9 Å². The predicted octanol–water partition coefficient (Wildman–Crippen LogP) is 2.61. The molecule has 4 fully saturated rings. The second-order valence-electron chi connectivity index (χ2n) is 5.79. The molecule has 0 unspecified atom stereocenters. The van der Waals surface area contributed by atoms with Gasteiger partial charge in [0.2, 0.25) is 0 Å². The quantitative estimate of drug-likeness (QED) is 0.705. The van der Waals surface area contributed by atoms with E-state index < -0.39 is 0 Å². The number of aromatic nitrogens is 2. The molecule has 0 aromatic carbocycles. The van der Waals surface area contributed by atoms with Crippen molar-refractivity contribution in [3.05, 3.63) is 12.0 Å². The minimum atomic E-state index is 0.670. The molecule has 0 spiro atoms. The highest BCUT2D eigenvalue weighted by Crippen LogP contribution is 2.59. The molecule has 1 aromatic heterocycles. The smallest absolute Gasteiger partial charge is 0.147 e. The molecule has 0 radical (unpaired) electrons. The molecule has 0 atom stereocenters. The van der Waals surface area contributed by atoms with Crippen LogP contribution in [0, 0.1) is 23.7 Å². The predicted molar refractivity (Wildman–Crippen MR) is 54.1 cm³/mol. The Labute approximate surface area is 89.2 Å². The van der Waals surface area contributed by atoms with Gasteiger partial charge in [0.1, 0.15) is 12.0 Å². The Bertz CT molecular complexity index is 332. The maximum absolute atomic E-state index is 4.91. The summed E-state index contributed by atoms with van der Waals surface area (Å²) in [5.74, 6) is 4.50. The third-order valence-corrected chi connectivity index (χ3v) is 4.95. The molecule has 1 aromatic rings. The standard InChI is InChI=1S/C12H16N2O/c1-7-2-9-4-8(1)5-10(3-7)12(9)11-6-15-14-13-11/h6-10,12H,1-5H2. The molecule has 4 bridgehead atoms. The van der Waals surface area contributed by atoms with E-state index in [0.717, 1.165) is 29.4 Å². The first-order valence-corrected chi connectivity index (χ1v) is 6.17. The van der Waals surface area contributed by atoms with Crippen LogP contribution in [0.15, 0.2) is 10.8 Å². The molecule has 1 heterocycles. The van der Waals surface area contributed by atoms with Crippen LogP contribution in [0.1, 0.15) is 43.7 Å². The second kappa shape index (κ2) is 2.83. The molecule has 3 heteroatoms. The second-order valence-corrected chi connectivity index (χ2v) is 5.79. The van der Waals surface area contributed by atoms with E-state index in [-0.39, 0.29) is 0 Å². The lowest BCUT2D eigenvalue weighted by Crippen LogP contribution is -2.43. The highest BCUT2D eigenvalue weighted by atomic mass is 16.5. The minimum Gasteiger partial charge on any atom is -0.345 e. The largest absolute Gasteiger partial charge is 0.345 e. The highest BCUT2D eigenvalue weighted by Gasteiger charge is 2.49. The summed E-state index contributed by atoms with van der Waals surface area (Å²) in [5, 5.41) is 7.78. The van der Waals surface area contributed by atoms with Gasteiger partial charge in [0.15, 0.2) is 0 Å². The monoisotopic (exact) mass is 204 g/mol.